The van der Waals surface area contributed by atoms with Crippen molar-refractivity contribution in [1.29, 1.82) is 5.26 Å². The predicted molar refractivity (Wildman–Crippen MR) is 70.8 cm³/mol. The van der Waals surface area contributed by atoms with Crippen LogP contribution in [0, 0.1) is 11.3 Å². The highest BCUT2D eigenvalue weighted by Crippen LogP contribution is 2.30. The van der Waals surface area contributed by atoms with Gasteiger partial charge in [-0.05, 0) is 24.6 Å². The van der Waals surface area contributed by atoms with Crippen molar-refractivity contribution in [3.63, 3.8) is 0 Å². The largest absolute Gasteiger partial charge is 0.573 e. The summed E-state index contributed by atoms with van der Waals surface area (Å²) in [6.45, 7) is 1.69. The van der Waals surface area contributed by atoms with Crippen LogP contribution in [0.2, 0.25) is 0 Å². The van der Waals surface area contributed by atoms with Gasteiger partial charge >= 0.3 is 12.3 Å². The zero-order chi connectivity index (χ0) is 16.0. The summed E-state index contributed by atoms with van der Waals surface area (Å²) in [4.78, 5) is 11.4. The summed E-state index contributed by atoms with van der Waals surface area (Å²) in [5.74, 6) is -1.20. The number of carbonyl (C=O) groups is 1. The molecule has 4 nitrogen and oxygen atoms in total. The number of halogens is 4. The number of nitriles is 1. The Bertz CT molecular complexity index is 567. The van der Waals surface area contributed by atoms with E-state index in [-0.39, 0.29) is 23.1 Å². The van der Waals surface area contributed by atoms with E-state index in [1.54, 1.807) is 6.92 Å². The molecule has 0 saturated carbocycles. The fourth-order valence-electron chi connectivity index (χ4n) is 1.61. The Balaban J connectivity index is 3.23. The Morgan fingerprint density at radius 3 is 2.52 bits per heavy atom. The second-order valence-electron chi connectivity index (χ2n) is 3.89. The smallest absolute Gasteiger partial charge is 0.466 e. The normalized spacial score (nSPS) is 10.9. The van der Waals surface area contributed by atoms with E-state index in [2.05, 4.69) is 20.7 Å². The van der Waals surface area contributed by atoms with Crippen LogP contribution in [0.25, 0.3) is 0 Å². The van der Waals surface area contributed by atoms with Crippen molar-refractivity contribution < 1.29 is 27.4 Å². The Morgan fingerprint density at radius 2 is 2.05 bits per heavy atom. The number of esters is 1. The summed E-state index contributed by atoms with van der Waals surface area (Å²) in [5.41, 5.74) is 0.456. The molecular formula is C13H11BrF3NO3. The van der Waals surface area contributed by atoms with Crippen LogP contribution in [-0.2, 0) is 21.3 Å². The van der Waals surface area contributed by atoms with Crippen molar-refractivity contribution >= 4 is 21.9 Å². The standard InChI is InChI=1S/C13H11BrF3NO3/c1-2-20-12(19)5-8-3-10(7-18)9(6-14)4-11(8)21-13(15,16)17/h3-4H,2,5-6H2,1H3. The van der Waals surface area contributed by atoms with E-state index in [1.165, 1.54) is 6.07 Å². The number of ether oxygens (including phenoxy) is 2. The first-order valence-corrected chi connectivity index (χ1v) is 6.96. The van der Waals surface area contributed by atoms with Crippen LogP contribution in [0.4, 0.5) is 13.2 Å². The molecule has 0 radical (unpaired) electrons. The van der Waals surface area contributed by atoms with Crippen LogP contribution in [0.1, 0.15) is 23.6 Å². The second-order valence-corrected chi connectivity index (χ2v) is 4.45. The summed E-state index contributed by atoms with van der Waals surface area (Å²) in [6, 6.07) is 4.16. The van der Waals surface area contributed by atoms with Gasteiger partial charge in [0.05, 0.1) is 24.7 Å². The van der Waals surface area contributed by atoms with Crippen molar-refractivity contribution in [1.82, 2.24) is 0 Å². The molecule has 0 aromatic heterocycles. The van der Waals surface area contributed by atoms with Crippen molar-refractivity contribution in [3.05, 3.63) is 28.8 Å². The van der Waals surface area contributed by atoms with E-state index >= 15 is 0 Å². The van der Waals surface area contributed by atoms with Gasteiger partial charge in [-0.1, -0.05) is 15.9 Å². The molecule has 0 bridgehead atoms. The van der Waals surface area contributed by atoms with Crippen LogP contribution < -0.4 is 4.74 Å². The summed E-state index contributed by atoms with van der Waals surface area (Å²) in [5, 5.41) is 9.17. The van der Waals surface area contributed by atoms with Gasteiger partial charge in [0.25, 0.3) is 0 Å². The molecule has 1 aromatic carbocycles. The van der Waals surface area contributed by atoms with Gasteiger partial charge in [-0.25, -0.2) is 0 Å². The lowest BCUT2D eigenvalue weighted by atomic mass is 10.0. The highest BCUT2D eigenvalue weighted by atomic mass is 79.9. The molecular weight excluding hydrogens is 355 g/mol. The topological polar surface area (TPSA) is 59.3 Å². The van der Waals surface area contributed by atoms with Crippen LogP contribution in [0.5, 0.6) is 5.75 Å². The number of alkyl halides is 4. The predicted octanol–water partition coefficient (Wildman–Crippen LogP) is 3.46. The molecule has 8 heteroatoms. The zero-order valence-corrected chi connectivity index (χ0v) is 12.5. The highest BCUT2D eigenvalue weighted by molar-refractivity contribution is 9.08. The van der Waals surface area contributed by atoms with Gasteiger partial charge in [-0.15, -0.1) is 13.2 Å². The van der Waals surface area contributed by atoms with Crippen LogP contribution in [0.3, 0.4) is 0 Å². The lowest BCUT2D eigenvalue weighted by Gasteiger charge is -2.15. The third kappa shape index (κ3) is 5.27. The first kappa shape index (κ1) is 17.3. The highest BCUT2D eigenvalue weighted by Gasteiger charge is 2.32. The Morgan fingerprint density at radius 1 is 1.38 bits per heavy atom. The molecule has 0 spiro atoms. The third-order valence-electron chi connectivity index (χ3n) is 2.42. The number of nitrogens with zero attached hydrogens (tertiary/aromatic N) is 1. The number of rotatable bonds is 5. The van der Waals surface area contributed by atoms with Crippen molar-refractivity contribution in [2.24, 2.45) is 0 Å². The third-order valence-corrected chi connectivity index (χ3v) is 3.02. The minimum atomic E-state index is -4.89. The zero-order valence-electron chi connectivity index (χ0n) is 11.0. The molecule has 21 heavy (non-hydrogen) atoms. The van der Waals surface area contributed by atoms with Gasteiger partial charge in [0.1, 0.15) is 5.75 Å². The van der Waals surface area contributed by atoms with E-state index in [1.807, 2.05) is 6.07 Å². The molecule has 0 amide bonds. The maximum absolute atomic E-state index is 12.4. The van der Waals surface area contributed by atoms with Crippen LogP contribution >= 0.6 is 15.9 Å². The Labute approximate surface area is 127 Å². The molecule has 0 aliphatic heterocycles. The lowest BCUT2D eigenvalue weighted by Crippen LogP contribution is -2.19. The van der Waals surface area contributed by atoms with Gasteiger partial charge < -0.3 is 9.47 Å². The fraction of sp³-hybridized carbons (Fsp3) is 0.385. The van der Waals surface area contributed by atoms with E-state index in [9.17, 15) is 18.0 Å². The average Bonchev–Trinajstić information content (AvgIpc) is 2.38. The molecule has 0 atom stereocenters. The molecule has 114 valence electrons. The number of benzene rings is 1. The molecule has 0 unspecified atom stereocenters. The Kier molecular flexibility index (Phi) is 6.03. The van der Waals surface area contributed by atoms with Gasteiger partial charge in [-0.2, -0.15) is 5.26 Å². The minimum Gasteiger partial charge on any atom is -0.466 e. The molecule has 0 saturated heterocycles. The number of carbonyl (C=O) groups excluding carboxylic acids is 1. The van der Waals surface area contributed by atoms with Crippen molar-refractivity contribution in [3.8, 4) is 11.8 Å². The van der Waals surface area contributed by atoms with Gasteiger partial charge in [-0.3, -0.25) is 4.79 Å². The summed E-state index contributed by atoms with van der Waals surface area (Å²) < 4.78 is 45.8. The maximum atomic E-state index is 12.4. The molecule has 1 rings (SSSR count). The quantitative estimate of drug-likeness (QED) is 0.592. The number of hydrogen-bond donors (Lipinski definition) is 0. The number of hydrogen-bond acceptors (Lipinski definition) is 4. The molecule has 0 aliphatic rings. The maximum Gasteiger partial charge on any atom is 0.573 e. The average molecular weight is 366 g/mol. The molecule has 0 N–H and O–H groups in total. The first-order valence-electron chi connectivity index (χ1n) is 5.84. The van der Waals surface area contributed by atoms with Crippen molar-refractivity contribution in [2.45, 2.75) is 25.0 Å². The van der Waals surface area contributed by atoms with E-state index in [0.29, 0.717) is 5.56 Å². The van der Waals surface area contributed by atoms with E-state index < -0.39 is 24.5 Å². The molecule has 0 aliphatic carbocycles. The van der Waals surface area contributed by atoms with E-state index in [4.69, 9.17) is 10.00 Å². The summed E-state index contributed by atoms with van der Waals surface area (Å²) >= 11 is 3.08. The van der Waals surface area contributed by atoms with E-state index in [0.717, 1.165) is 6.07 Å². The van der Waals surface area contributed by atoms with Crippen LogP contribution in [-0.4, -0.2) is 18.9 Å². The monoisotopic (exact) mass is 365 g/mol. The SMILES string of the molecule is CCOC(=O)Cc1cc(C#N)c(CBr)cc1OC(F)(F)F. The summed E-state index contributed by atoms with van der Waals surface area (Å²) in [6.07, 6.45) is -5.29. The van der Waals surface area contributed by atoms with Crippen LogP contribution in [0.15, 0.2) is 12.1 Å². The Hall–Kier alpha value is -1.75. The molecule has 0 fully saturated rings. The second kappa shape index (κ2) is 7.31. The summed E-state index contributed by atoms with van der Waals surface area (Å²) in [7, 11) is 0. The lowest BCUT2D eigenvalue weighted by molar-refractivity contribution is -0.275. The molecule has 1 aromatic rings. The van der Waals surface area contributed by atoms with Gasteiger partial charge in [0.2, 0.25) is 0 Å². The minimum absolute atomic E-state index is 0.0491. The molecule has 0 heterocycles. The van der Waals surface area contributed by atoms with Crippen molar-refractivity contribution in [2.75, 3.05) is 6.61 Å². The first-order chi connectivity index (χ1) is 9.80. The van der Waals surface area contributed by atoms with Gasteiger partial charge in [0, 0.05) is 10.9 Å². The van der Waals surface area contributed by atoms with Gasteiger partial charge in [0.15, 0.2) is 0 Å². The fourth-order valence-corrected chi connectivity index (χ4v) is 2.07.